The maximum atomic E-state index is 14.1. The number of fused-ring (bicyclic) bond motifs is 1. The molecule has 0 atom stereocenters. The van der Waals surface area contributed by atoms with Gasteiger partial charge in [0.05, 0.1) is 5.52 Å². The molecule has 0 N–H and O–H groups in total. The molecule has 170 valence electrons. The minimum absolute atomic E-state index is 0.0269. The molecule has 4 aromatic rings. The first-order chi connectivity index (χ1) is 15.8. The van der Waals surface area contributed by atoms with Crippen molar-refractivity contribution in [1.82, 2.24) is 19.5 Å². The molecule has 5 rings (SSSR count). The van der Waals surface area contributed by atoms with E-state index in [-0.39, 0.29) is 16.4 Å². The molecule has 0 bridgehead atoms. The number of hydrogen-bond acceptors (Lipinski definition) is 6. The summed E-state index contributed by atoms with van der Waals surface area (Å²) in [5.41, 5.74) is 1.45. The van der Waals surface area contributed by atoms with Gasteiger partial charge in [-0.15, -0.1) is 10.2 Å². The number of nitrogens with zero attached hydrogens (tertiary/aromatic N) is 4. The SMILES string of the molecule is Cc1ccc2cccc(S(=O)(=O)N3CCC(c4nnc(-c5ccc(F)cc5F)s4)CC3)c2n1. The van der Waals surface area contributed by atoms with Crippen molar-refractivity contribution in [3.8, 4) is 10.6 Å². The summed E-state index contributed by atoms with van der Waals surface area (Å²) in [6, 6.07) is 12.3. The van der Waals surface area contributed by atoms with E-state index in [9.17, 15) is 17.2 Å². The van der Waals surface area contributed by atoms with Crippen molar-refractivity contribution in [3.05, 3.63) is 70.9 Å². The van der Waals surface area contributed by atoms with Crippen LogP contribution >= 0.6 is 11.3 Å². The Morgan fingerprint density at radius 2 is 1.82 bits per heavy atom. The minimum Gasteiger partial charge on any atom is -0.252 e. The van der Waals surface area contributed by atoms with Crippen LogP contribution in [0.3, 0.4) is 0 Å². The number of hydrogen-bond donors (Lipinski definition) is 0. The molecule has 1 saturated heterocycles. The van der Waals surface area contributed by atoms with Crippen molar-refractivity contribution in [2.24, 2.45) is 0 Å². The van der Waals surface area contributed by atoms with Crippen LogP contribution in [0.15, 0.2) is 53.4 Å². The number of aryl methyl sites for hydroxylation is 1. The van der Waals surface area contributed by atoms with Gasteiger partial charge in [0.2, 0.25) is 10.0 Å². The highest BCUT2D eigenvalue weighted by atomic mass is 32.2. The van der Waals surface area contributed by atoms with Gasteiger partial charge in [-0.3, -0.25) is 4.98 Å². The summed E-state index contributed by atoms with van der Waals surface area (Å²) in [5.74, 6) is -1.30. The van der Waals surface area contributed by atoms with Gasteiger partial charge in [-0.2, -0.15) is 4.31 Å². The van der Waals surface area contributed by atoms with E-state index in [1.807, 2.05) is 25.1 Å². The largest absolute Gasteiger partial charge is 0.252 e. The van der Waals surface area contributed by atoms with Gasteiger partial charge in [0.25, 0.3) is 0 Å². The quantitative estimate of drug-likeness (QED) is 0.410. The molecule has 6 nitrogen and oxygen atoms in total. The molecule has 2 aromatic heterocycles. The number of rotatable bonds is 4. The van der Waals surface area contributed by atoms with Crippen LogP contribution in [-0.4, -0.2) is 41.0 Å². The number of pyridine rings is 1. The van der Waals surface area contributed by atoms with Gasteiger partial charge < -0.3 is 0 Å². The fourth-order valence-electron chi connectivity index (χ4n) is 4.08. The molecular weight excluding hydrogens is 466 g/mol. The van der Waals surface area contributed by atoms with E-state index in [1.165, 1.54) is 27.8 Å². The first-order valence-electron chi connectivity index (χ1n) is 10.5. The van der Waals surface area contributed by atoms with Gasteiger partial charge in [0, 0.05) is 41.7 Å². The Morgan fingerprint density at radius 1 is 1.03 bits per heavy atom. The van der Waals surface area contributed by atoms with Gasteiger partial charge in [-0.25, -0.2) is 17.2 Å². The first-order valence-corrected chi connectivity index (χ1v) is 12.7. The van der Waals surface area contributed by atoms with Crippen molar-refractivity contribution in [2.45, 2.75) is 30.6 Å². The average Bonchev–Trinajstić information content (AvgIpc) is 3.28. The Kier molecular flexibility index (Phi) is 5.67. The highest BCUT2D eigenvalue weighted by molar-refractivity contribution is 7.89. The Morgan fingerprint density at radius 3 is 2.58 bits per heavy atom. The third-order valence-corrected chi connectivity index (χ3v) is 8.89. The zero-order valence-electron chi connectivity index (χ0n) is 17.7. The van der Waals surface area contributed by atoms with Crippen LogP contribution in [0.2, 0.25) is 0 Å². The molecule has 2 aromatic carbocycles. The maximum Gasteiger partial charge on any atom is 0.245 e. The third kappa shape index (κ3) is 4.14. The second-order valence-corrected chi connectivity index (χ2v) is 10.9. The van der Waals surface area contributed by atoms with Crippen LogP contribution in [0, 0.1) is 18.6 Å². The summed E-state index contributed by atoms with van der Waals surface area (Å²) < 4.78 is 55.6. The average molecular weight is 487 g/mol. The van der Waals surface area contributed by atoms with E-state index in [1.54, 1.807) is 12.1 Å². The van der Waals surface area contributed by atoms with Crippen LogP contribution in [-0.2, 0) is 10.0 Å². The molecule has 0 radical (unpaired) electrons. The Hall–Kier alpha value is -2.82. The maximum absolute atomic E-state index is 14.1. The molecule has 10 heteroatoms. The highest BCUT2D eigenvalue weighted by Crippen LogP contribution is 2.36. The van der Waals surface area contributed by atoms with E-state index in [0.717, 1.165) is 22.2 Å². The van der Waals surface area contributed by atoms with Crippen LogP contribution in [0.25, 0.3) is 21.5 Å². The van der Waals surface area contributed by atoms with Gasteiger partial charge in [0.15, 0.2) is 5.01 Å². The van der Waals surface area contributed by atoms with E-state index in [2.05, 4.69) is 15.2 Å². The van der Waals surface area contributed by atoms with Gasteiger partial charge in [-0.1, -0.05) is 29.5 Å². The monoisotopic (exact) mass is 486 g/mol. The Bertz CT molecular complexity index is 1450. The molecule has 1 aliphatic rings. The van der Waals surface area contributed by atoms with Crippen molar-refractivity contribution >= 4 is 32.3 Å². The van der Waals surface area contributed by atoms with Crippen LogP contribution in [0.5, 0.6) is 0 Å². The van der Waals surface area contributed by atoms with E-state index < -0.39 is 21.7 Å². The lowest BCUT2D eigenvalue weighted by Gasteiger charge is -2.30. The number of piperidine rings is 1. The summed E-state index contributed by atoms with van der Waals surface area (Å²) in [7, 11) is -3.71. The molecule has 33 heavy (non-hydrogen) atoms. The number of aromatic nitrogens is 3. The lowest BCUT2D eigenvalue weighted by molar-refractivity contribution is 0.319. The Labute approximate surface area is 194 Å². The second-order valence-electron chi connectivity index (χ2n) is 8.03. The van der Waals surface area contributed by atoms with Crippen molar-refractivity contribution in [2.75, 3.05) is 13.1 Å². The molecule has 0 spiro atoms. The fourth-order valence-corrected chi connectivity index (χ4v) is 6.75. The summed E-state index contributed by atoms with van der Waals surface area (Å²) in [6.07, 6.45) is 1.16. The summed E-state index contributed by atoms with van der Waals surface area (Å²) in [5, 5.41) is 10.2. The van der Waals surface area contributed by atoms with E-state index in [4.69, 9.17) is 0 Å². The van der Waals surface area contributed by atoms with Gasteiger partial charge >= 0.3 is 0 Å². The van der Waals surface area contributed by atoms with Crippen molar-refractivity contribution in [3.63, 3.8) is 0 Å². The highest BCUT2D eigenvalue weighted by Gasteiger charge is 2.32. The van der Waals surface area contributed by atoms with E-state index in [0.29, 0.717) is 36.5 Å². The minimum atomic E-state index is -3.71. The van der Waals surface area contributed by atoms with Gasteiger partial charge in [-0.05, 0) is 44.0 Å². The lowest BCUT2D eigenvalue weighted by atomic mass is 9.99. The van der Waals surface area contributed by atoms with E-state index >= 15 is 0 Å². The van der Waals surface area contributed by atoms with Crippen LogP contribution in [0.1, 0.15) is 29.5 Å². The molecule has 3 heterocycles. The topological polar surface area (TPSA) is 76.1 Å². The number of benzene rings is 2. The summed E-state index contributed by atoms with van der Waals surface area (Å²) >= 11 is 1.26. The summed E-state index contributed by atoms with van der Waals surface area (Å²) in [6.45, 7) is 2.52. The second kappa shape index (κ2) is 8.51. The molecule has 0 saturated carbocycles. The number of halogens is 2. The predicted octanol–water partition coefficient (Wildman–Crippen LogP) is 4.91. The van der Waals surface area contributed by atoms with Crippen molar-refractivity contribution < 1.29 is 17.2 Å². The summed E-state index contributed by atoms with van der Waals surface area (Å²) in [4.78, 5) is 4.68. The normalized spacial score (nSPS) is 15.8. The molecule has 0 amide bonds. The zero-order chi connectivity index (χ0) is 23.2. The van der Waals surface area contributed by atoms with Crippen LogP contribution in [0.4, 0.5) is 8.78 Å². The fraction of sp³-hybridized carbons (Fsp3) is 0.261. The molecule has 1 aliphatic heterocycles. The molecule has 0 aliphatic carbocycles. The zero-order valence-corrected chi connectivity index (χ0v) is 19.3. The molecule has 0 unspecified atom stereocenters. The molecular formula is C23H20F2N4O2S2. The van der Waals surface area contributed by atoms with Gasteiger partial charge in [0.1, 0.15) is 21.5 Å². The lowest BCUT2D eigenvalue weighted by Crippen LogP contribution is -2.38. The third-order valence-electron chi connectivity index (χ3n) is 5.85. The predicted molar refractivity (Wildman–Crippen MR) is 122 cm³/mol. The smallest absolute Gasteiger partial charge is 0.245 e. The first kappa shape index (κ1) is 22.0. The standard InChI is InChI=1S/C23H20F2N4O2S2/c1-14-5-6-15-3-2-4-20(21(15)26-14)33(30,31)29-11-9-16(10-12-29)22-27-28-23(32-22)18-8-7-17(24)13-19(18)25/h2-8,13,16H,9-12H2,1H3. The molecule has 1 fully saturated rings. The van der Waals surface area contributed by atoms with Crippen molar-refractivity contribution in [1.29, 1.82) is 0 Å². The number of sulfonamides is 1. The Balaban J connectivity index is 1.35. The van der Waals surface area contributed by atoms with Crippen LogP contribution < -0.4 is 0 Å². The number of para-hydroxylation sites is 1.